The van der Waals surface area contributed by atoms with E-state index in [9.17, 15) is 0 Å². The van der Waals surface area contributed by atoms with Gasteiger partial charge in [-0.1, -0.05) is 31.2 Å². The van der Waals surface area contributed by atoms with Gasteiger partial charge in [-0.05, 0) is 48.4 Å². The van der Waals surface area contributed by atoms with E-state index in [1.54, 1.807) is 7.11 Å². The molecule has 2 aromatic carbocycles. The molecule has 0 aliphatic carbocycles. The number of nitrogens with two attached hydrogens (primary N) is 1. The number of nitrogens with zero attached hydrogens (tertiary/aromatic N) is 1. The molecular formula is C18H24N2O. The standard InChI is InChI=1S/C18H24N2O/c1-3-11-20(13-15-7-9-17(19)10-8-15)14-16-5-4-6-18(12-16)21-2/h4-10,12H,3,11,13-14,19H2,1-2H3. The van der Waals surface area contributed by atoms with Crippen molar-refractivity contribution in [1.29, 1.82) is 0 Å². The second-order valence-electron chi connectivity index (χ2n) is 5.30. The highest BCUT2D eigenvalue weighted by Gasteiger charge is 2.07. The number of hydrogen-bond acceptors (Lipinski definition) is 3. The van der Waals surface area contributed by atoms with E-state index < -0.39 is 0 Å². The van der Waals surface area contributed by atoms with Crippen LogP contribution in [0.1, 0.15) is 24.5 Å². The van der Waals surface area contributed by atoms with Crippen LogP contribution in [0.4, 0.5) is 5.69 Å². The first-order valence-electron chi connectivity index (χ1n) is 7.41. The zero-order valence-corrected chi connectivity index (χ0v) is 12.9. The van der Waals surface area contributed by atoms with Gasteiger partial charge in [0.1, 0.15) is 5.75 Å². The van der Waals surface area contributed by atoms with Crippen molar-refractivity contribution in [3.8, 4) is 5.75 Å². The lowest BCUT2D eigenvalue weighted by molar-refractivity contribution is 0.257. The Balaban J connectivity index is 2.05. The molecular weight excluding hydrogens is 260 g/mol. The molecule has 0 saturated heterocycles. The normalized spacial score (nSPS) is 10.8. The van der Waals surface area contributed by atoms with Gasteiger partial charge in [-0.25, -0.2) is 0 Å². The Labute approximate surface area is 127 Å². The van der Waals surface area contributed by atoms with Gasteiger partial charge >= 0.3 is 0 Å². The van der Waals surface area contributed by atoms with Crippen molar-refractivity contribution < 1.29 is 4.74 Å². The molecule has 0 atom stereocenters. The lowest BCUT2D eigenvalue weighted by Crippen LogP contribution is -2.23. The summed E-state index contributed by atoms with van der Waals surface area (Å²) in [5.41, 5.74) is 9.13. The molecule has 0 fully saturated rings. The van der Waals surface area contributed by atoms with Crippen molar-refractivity contribution >= 4 is 5.69 Å². The van der Waals surface area contributed by atoms with E-state index in [0.717, 1.165) is 37.5 Å². The summed E-state index contributed by atoms with van der Waals surface area (Å²) in [7, 11) is 1.71. The quantitative estimate of drug-likeness (QED) is 0.788. The van der Waals surface area contributed by atoms with Gasteiger partial charge < -0.3 is 10.5 Å². The van der Waals surface area contributed by atoms with Crippen LogP contribution >= 0.6 is 0 Å². The van der Waals surface area contributed by atoms with E-state index in [1.807, 2.05) is 24.3 Å². The van der Waals surface area contributed by atoms with Crippen LogP contribution in [0.15, 0.2) is 48.5 Å². The molecule has 0 radical (unpaired) electrons. The van der Waals surface area contributed by atoms with Crippen molar-refractivity contribution in [2.24, 2.45) is 0 Å². The van der Waals surface area contributed by atoms with Crippen molar-refractivity contribution in [1.82, 2.24) is 4.90 Å². The van der Waals surface area contributed by atoms with E-state index in [0.29, 0.717) is 0 Å². The Hall–Kier alpha value is -2.00. The van der Waals surface area contributed by atoms with Crippen LogP contribution in [0.2, 0.25) is 0 Å². The fraction of sp³-hybridized carbons (Fsp3) is 0.333. The van der Waals surface area contributed by atoms with E-state index in [4.69, 9.17) is 10.5 Å². The maximum Gasteiger partial charge on any atom is 0.119 e. The van der Waals surface area contributed by atoms with Crippen LogP contribution in [-0.2, 0) is 13.1 Å². The number of hydrogen-bond donors (Lipinski definition) is 1. The Bertz CT molecular complexity index is 551. The van der Waals surface area contributed by atoms with Gasteiger partial charge in [-0.3, -0.25) is 4.90 Å². The number of rotatable bonds is 7. The van der Waals surface area contributed by atoms with E-state index in [2.05, 4.69) is 36.1 Å². The van der Waals surface area contributed by atoms with Gasteiger partial charge in [-0.15, -0.1) is 0 Å². The minimum absolute atomic E-state index is 0.814. The molecule has 0 aliphatic heterocycles. The first-order chi connectivity index (χ1) is 10.2. The minimum atomic E-state index is 0.814. The molecule has 0 spiro atoms. The Morgan fingerprint density at radius 3 is 2.38 bits per heavy atom. The van der Waals surface area contributed by atoms with Crippen LogP contribution < -0.4 is 10.5 Å². The van der Waals surface area contributed by atoms with Crippen molar-refractivity contribution in [2.45, 2.75) is 26.4 Å². The second kappa shape index (κ2) is 7.70. The van der Waals surface area contributed by atoms with Crippen LogP contribution in [0.25, 0.3) is 0 Å². The third kappa shape index (κ3) is 4.80. The van der Waals surface area contributed by atoms with Crippen LogP contribution in [-0.4, -0.2) is 18.6 Å². The fourth-order valence-corrected chi connectivity index (χ4v) is 2.44. The van der Waals surface area contributed by atoms with Crippen LogP contribution in [0.5, 0.6) is 5.75 Å². The number of benzene rings is 2. The topological polar surface area (TPSA) is 38.5 Å². The summed E-state index contributed by atoms with van der Waals surface area (Å²) in [5, 5.41) is 0. The van der Waals surface area contributed by atoms with Gasteiger partial charge in [-0.2, -0.15) is 0 Å². The fourth-order valence-electron chi connectivity index (χ4n) is 2.44. The smallest absolute Gasteiger partial charge is 0.119 e. The number of nitrogen functional groups attached to an aromatic ring is 1. The van der Waals surface area contributed by atoms with Gasteiger partial charge in [0.25, 0.3) is 0 Å². The zero-order valence-electron chi connectivity index (χ0n) is 12.9. The molecule has 0 saturated carbocycles. The molecule has 0 aliphatic rings. The Morgan fingerprint density at radius 2 is 1.71 bits per heavy atom. The summed E-state index contributed by atoms with van der Waals surface area (Å²) in [6.45, 7) is 5.14. The van der Waals surface area contributed by atoms with Gasteiger partial charge in [0.2, 0.25) is 0 Å². The van der Waals surface area contributed by atoms with E-state index in [1.165, 1.54) is 11.1 Å². The average molecular weight is 284 g/mol. The first kappa shape index (κ1) is 15.4. The summed E-state index contributed by atoms with van der Waals surface area (Å²) in [6, 6.07) is 16.4. The third-order valence-electron chi connectivity index (χ3n) is 3.47. The molecule has 0 aromatic heterocycles. The monoisotopic (exact) mass is 284 g/mol. The average Bonchev–Trinajstić information content (AvgIpc) is 2.50. The van der Waals surface area contributed by atoms with Crippen LogP contribution in [0.3, 0.4) is 0 Å². The highest BCUT2D eigenvalue weighted by molar-refractivity contribution is 5.39. The maximum absolute atomic E-state index is 5.74. The van der Waals surface area contributed by atoms with Gasteiger partial charge in [0.05, 0.1) is 7.11 Å². The molecule has 112 valence electrons. The highest BCUT2D eigenvalue weighted by Crippen LogP contribution is 2.16. The highest BCUT2D eigenvalue weighted by atomic mass is 16.5. The van der Waals surface area contributed by atoms with Crippen LogP contribution in [0, 0.1) is 0 Å². The summed E-state index contributed by atoms with van der Waals surface area (Å²) in [5.74, 6) is 0.913. The largest absolute Gasteiger partial charge is 0.497 e. The summed E-state index contributed by atoms with van der Waals surface area (Å²) >= 11 is 0. The molecule has 2 aromatic rings. The second-order valence-corrected chi connectivity index (χ2v) is 5.30. The summed E-state index contributed by atoms with van der Waals surface area (Å²) in [4.78, 5) is 2.44. The molecule has 21 heavy (non-hydrogen) atoms. The number of ether oxygens (including phenoxy) is 1. The molecule has 3 heteroatoms. The molecule has 0 bridgehead atoms. The lowest BCUT2D eigenvalue weighted by Gasteiger charge is -2.22. The molecule has 2 N–H and O–H groups in total. The lowest BCUT2D eigenvalue weighted by atomic mass is 10.1. The summed E-state index contributed by atoms with van der Waals surface area (Å²) < 4.78 is 5.30. The Morgan fingerprint density at radius 1 is 1.00 bits per heavy atom. The number of methoxy groups -OCH3 is 1. The molecule has 3 nitrogen and oxygen atoms in total. The molecule has 0 unspecified atom stereocenters. The SMILES string of the molecule is CCCN(Cc1ccc(N)cc1)Cc1cccc(OC)c1. The predicted octanol–water partition coefficient (Wildman–Crippen LogP) is 3.69. The van der Waals surface area contributed by atoms with Gasteiger partial charge in [0, 0.05) is 18.8 Å². The van der Waals surface area contributed by atoms with E-state index >= 15 is 0 Å². The zero-order chi connectivity index (χ0) is 15.1. The van der Waals surface area contributed by atoms with Crippen molar-refractivity contribution in [2.75, 3.05) is 19.4 Å². The number of anilines is 1. The van der Waals surface area contributed by atoms with Gasteiger partial charge in [0.15, 0.2) is 0 Å². The first-order valence-corrected chi connectivity index (χ1v) is 7.41. The minimum Gasteiger partial charge on any atom is -0.497 e. The van der Waals surface area contributed by atoms with Crippen molar-refractivity contribution in [3.63, 3.8) is 0 Å². The molecule has 0 amide bonds. The van der Waals surface area contributed by atoms with E-state index in [-0.39, 0.29) is 0 Å². The molecule has 2 rings (SSSR count). The Kier molecular flexibility index (Phi) is 5.64. The summed E-state index contributed by atoms with van der Waals surface area (Å²) in [6.07, 6.45) is 1.14. The van der Waals surface area contributed by atoms with Crippen molar-refractivity contribution in [3.05, 3.63) is 59.7 Å². The molecule has 0 heterocycles. The third-order valence-corrected chi connectivity index (χ3v) is 3.47. The predicted molar refractivity (Wildman–Crippen MR) is 88.3 cm³/mol. The maximum atomic E-state index is 5.74.